The minimum atomic E-state index is -5.48. The molecule has 8 heteroatoms. The van der Waals surface area contributed by atoms with Gasteiger partial charge in [-0.15, -0.1) is 19.1 Å². The van der Waals surface area contributed by atoms with Crippen LogP contribution in [-0.4, -0.2) is 13.9 Å². The predicted octanol–water partition coefficient (Wildman–Crippen LogP) is 2.25. The van der Waals surface area contributed by atoms with Crippen LogP contribution in [0.25, 0.3) is 0 Å². The molecule has 0 aliphatic carbocycles. The monoisotopic (exact) mass is 354 g/mol. The van der Waals surface area contributed by atoms with Gasteiger partial charge in [-0.05, 0) is 36.0 Å². The molecule has 0 aliphatic rings. The van der Waals surface area contributed by atoms with Crippen LogP contribution >= 0.6 is 12.6 Å². The lowest BCUT2D eigenvalue weighted by Crippen LogP contribution is -2.23. The number of alkyl halides is 3. The van der Waals surface area contributed by atoms with E-state index in [0.29, 0.717) is 0 Å². The fourth-order valence-corrected chi connectivity index (χ4v) is 2.55. The van der Waals surface area contributed by atoms with Crippen LogP contribution in [0, 0.1) is 48.1 Å². The van der Waals surface area contributed by atoms with Crippen molar-refractivity contribution in [2.75, 3.05) is 0 Å². The van der Waals surface area contributed by atoms with Crippen molar-refractivity contribution < 1.29 is 26.3 Å². The molecule has 0 fully saturated rings. The van der Waals surface area contributed by atoms with Crippen LogP contribution in [0.15, 0.2) is 28.0 Å². The number of rotatable bonds is 2. The molecule has 116 valence electrons. The Balaban J connectivity index is 2.97. The van der Waals surface area contributed by atoms with Gasteiger partial charge in [0.15, 0.2) is 0 Å². The highest BCUT2D eigenvalue weighted by atomic mass is 32.2. The molecule has 0 aliphatic heterocycles. The standard InChI is InChI=1S/C15H5F3O3S2/c1-2-3-4-5-6-7-10-21-12-8-9-14(13(22)11-12)23(19,20)15(16,17)18/h1,8-9,11,22H. The number of terminal acetylenes is 1. The van der Waals surface area contributed by atoms with Gasteiger partial charge in [0.25, 0.3) is 9.84 Å². The number of sulfone groups is 1. The third-order valence-corrected chi connectivity index (χ3v) is 4.13. The van der Waals surface area contributed by atoms with E-state index in [4.69, 9.17) is 11.2 Å². The van der Waals surface area contributed by atoms with E-state index < -0.39 is 25.1 Å². The minimum absolute atomic E-state index is 0.000124. The van der Waals surface area contributed by atoms with Crippen molar-refractivity contribution in [3.8, 4) is 53.8 Å². The molecule has 3 nitrogen and oxygen atoms in total. The topological polar surface area (TPSA) is 43.4 Å². The maximum atomic E-state index is 12.5. The second-order valence-electron chi connectivity index (χ2n) is 3.55. The van der Waals surface area contributed by atoms with Gasteiger partial charge in [0.1, 0.15) is 11.9 Å². The van der Waals surface area contributed by atoms with E-state index in [0.717, 1.165) is 18.2 Å². The largest absolute Gasteiger partial charge is 0.501 e. The van der Waals surface area contributed by atoms with E-state index in [2.05, 4.69) is 48.3 Å². The molecule has 0 saturated carbocycles. The first-order valence-electron chi connectivity index (χ1n) is 5.47. The van der Waals surface area contributed by atoms with Crippen molar-refractivity contribution >= 4 is 22.5 Å². The lowest BCUT2D eigenvalue weighted by Gasteiger charge is -2.10. The molecule has 0 bridgehead atoms. The Labute approximate surface area is 136 Å². The van der Waals surface area contributed by atoms with Crippen LogP contribution in [-0.2, 0) is 9.84 Å². The van der Waals surface area contributed by atoms with Crippen molar-refractivity contribution in [2.45, 2.75) is 15.3 Å². The average molecular weight is 354 g/mol. The van der Waals surface area contributed by atoms with Gasteiger partial charge in [-0.25, -0.2) is 8.42 Å². The summed E-state index contributed by atoms with van der Waals surface area (Å²) in [6.45, 7) is 0. The van der Waals surface area contributed by atoms with Gasteiger partial charge >= 0.3 is 5.51 Å². The van der Waals surface area contributed by atoms with E-state index in [1.165, 1.54) is 0 Å². The van der Waals surface area contributed by atoms with Crippen molar-refractivity contribution in [2.24, 2.45) is 0 Å². The molecule has 0 saturated heterocycles. The zero-order valence-corrected chi connectivity index (χ0v) is 12.7. The lowest BCUT2D eigenvalue weighted by atomic mass is 10.3. The number of hydrogen-bond donors (Lipinski definition) is 1. The normalized spacial score (nSPS) is 9.87. The maximum absolute atomic E-state index is 12.5. The highest BCUT2D eigenvalue weighted by Gasteiger charge is 2.47. The first-order chi connectivity index (χ1) is 10.7. The molecule has 0 N–H and O–H groups in total. The average Bonchev–Trinajstić information content (AvgIpc) is 2.45. The van der Waals surface area contributed by atoms with Gasteiger partial charge in [0.2, 0.25) is 0 Å². The van der Waals surface area contributed by atoms with E-state index in [9.17, 15) is 21.6 Å². The Kier molecular flexibility index (Phi) is 6.05. The summed E-state index contributed by atoms with van der Waals surface area (Å²) in [6, 6.07) is 2.73. The molecule has 1 aromatic rings. The van der Waals surface area contributed by atoms with Crippen LogP contribution < -0.4 is 4.74 Å². The fourth-order valence-electron chi connectivity index (χ4n) is 1.15. The van der Waals surface area contributed by atoms with E-state index >= 15 is 0 Å². The fraction of sp³-hybridized carbons (Fsp3) is 0.0667. The van der Waals surface area contributed by atoms with E-state index in [1.54, 1.807) is 0 Å². The summed E-state index contributed by atoms with van der Waals surface area (Å²) in [7, 11) is -5.48. The molecule has 23 heavy (non-hydrogen) atoms. The van der Waals surface area contributed by atoms with Crippen LogP contribution in [0.2, 0.25) is 0 Å². The highest BCUT2D eigenvalue weighted by Crippen LogP contribution is 2.34. The number of thiol groups is 1. The third kappa shape index (κ3) is 4.94. The summed E-state index contributed by atoms with van der Waals surface area (Å²) in [5.41, 5.74) is -5.42. The molecule has 0 unspecified atom stereocenters. The molecule has 0 aromatic heterocycles. The quantitative estimate of drug-likeness (QED) is 0.654. The maximum Gasteiger partial charge on any atom is 0.501 e. The lowest BCUT2D eigenvalue weighted by molar-refractivity contribution is -0.0437. The van der Waals surface area contributed by atoms with Crippen LogP contribution in [0.3, 0.4) is 0 Å². The molecule has 0 heterocycles. The van der Waals surface area contributed by atoms with Crippen LogP contribution in [0.5, 0.6) is 5.75 Å². The first kappa shape index (κ1) is 18.4. The Hall–Kier alpha value is -2.65. The molecule has 0 amide bonds. The second kappa shape index (κ2) is 7.56. The molecule has 1 rings (SSSR count). The molecular formula is C15H5F3O3S2. The third-order valence-electron chi connectivity index (χ3n) is 2.07. The van der Waals surface area contributed by atoms with Crippen molar-refractivity contribution in [1.82, 2.24) is 0 Å². The molecule has 0 atom stereocenters. The highest BCUT2D eigenvalue weighted by molar-refractivity contribution is 7.93. The van der Waals surface area contributed by atoms with Gasteiger partial charge in [-0.2, -0.15) is 13.2 Å². The summed E-state index contributed by atoms with van der Waals surface area (Å²) >= 11 is 3.72. The Morgan fingerprint density at radius 2 is 1.70 bits per heavy atom. The second-order valence-corrected chi connectivity index (χ2v) is 5.94. The Bertz CT molecular complexity index is 936. The smallest absolute Gasteiger partial charge is 0.407 e. The number of benzene rings is 1. The van der Waals surface area contributed by atoms with Crippen LogP contribution in [0.1, 0.15) is 0 Å². The van der Waals surface area contributed by atoms with Gasteiger partial charge in [0.05, 0.1) is 4.90 Å². The SMILES string of the molecule is C#CC#CC#CC#COc1ccc(S(=O)(=O)C(F)(F)F)c(S)c1. The van der Waals surface area contributed by atoms with Gasteiger partial charge in [0, 0.05) is 22.7 Å². The summed E-state index contributed by atoms with van der Waals surface area (Å²) < 4.78 is 64.8. The summed E-state index contributed by atoms with van der Waals surface area (Å²) in [4.78, 5) is -1.40. The summed E-state index contributed by atoms with van der Waals surface area (Å²) in [5, 5.41) is 0. The minimum Gasteiger partial charge on any atom is -0.407 e. The zero-order valence-electron chi connectivity index (χ0n) is 11.0. The molecule has 0 spiro atoms. The van der Waals surface area contributed by atoms with Crippen molar-refractivity contribution in [1.29, 1.82) is 0 Å². The van der Waals surface area contributed by atoms with Crippen molar-refractivity contribution in [3.63, 3.8) is 0 Å². The number of halogens is 3. The number of hydrogen-bond acceptors (Lipinski definition) is 4. The van der Waals surface area contributed by atoms with Gasteiger partial charge < -0.3 is 4.74 Å². The van der Waals surface area contributed by atoms with Gasteiger partial charge in [-0.1, -0.05) is 0 Å². The van der Waals surface area contributed by atoms with Crippen molar-refractivity contribution in [3.05, 3.63) is 18.2 Å². The summed E-state index contributed by atoms with van der Waals surface area (Å²) in [5.74, 6) is 13.4. The van der Waals surface area contributed by atoms with E-state index in [1.807, 2.05) is 5.92 Å². The predicted molar refractivity (Wildman–Crippen MR) is 79.7 cm³/mol. The van der Waals surface area contributed by atoms with Crippen LogP contribution in [0.4, 0.5) is 13.2 Å². The number of ether oxygens (including phenoxy) is 1. The molecule has 1 aromatic carbocycles. The Morgan fingerprint density at radius 3 is 2.26 bits per heavy atom. The van der Waals surface area contributed by atoms with Gasteiger partial charge in [-0.3, -0.25) is 0 Å². The Morgan fingerprint density at radius 1 is 1.09 bits per heavy atom. The zero-order chi connectivity index (χ0) is 17.5. The summed E-state index contributed by atoms with van der Waals surface area (Å²) in [6.07, 6.45) is 7.00. The first-order valence-corrected chi connectivity index (χ1v) is 7.40. The molecular weight excluding hydrogens is 349 g/mol. The van der Waals surface area contributed by atoms with E-state index in [-0.39, 0.29) is 5.75 Å². The molecule has 0 radical (unpaired) electrons.